The fourth-order valence-electron chi connectivity index (χ4n) is 2.65. The van der Waals surface area contributed by atoms with E-state index >= 15 is 0 Å². The van der Waals surface area contributed by atoms with E-state index in [0.717, 1.165) is 0 Å². The number of amides is 1. The van der Waals surface area contributed by atoms with Crippen molar-refractivity contribution in [3.63, 3.8) is 0 Å². The lowest BCUT2D eigenvalue weighted by Crippen LogP contribution is -2.55. The summed E-state index contributed by atoms with van der Waals surface area (Å²) >= 11 is 0. The van der Waals surface area contributed by atoms with Gasteiger partial charge in [0.15, 0.2) is 0 Å². The third-order valence-corrected chi connectivity index (χ3v) is 4.14. The number of carboxylic acid groups (broad SMARTS) is 1. The second-order valence-corrected chi connectivity index (χ2v) is 6.00. The highest BCUT2D eigenvalue weighted by Crippen LogP contribution is 2.31. The molecule has 1 saturated heterocycles. The highest BCUT2D eigenvalue weighted by molar-refractivity contribution is 6.40. The molecule has 0 radical (unpaired) electrons. The lowest BCUT2D eigenvalue weighted by molar-refractivity contribution is -0.144. The van der Waals surface area contributed by atoms with Crippen molar-refractivity contribution in [2.45, 2.75) is 37.7 Å². The van der Waals surface area contributed by atoms with E-state index in [9.17, 15) is 14.7 Å². The summed E-state index contributed by atoms with van der Waals surface area (Å²) in [6, 6.07) is -0.879. The van der Waals surface area contributed by atoms with Crippen LogP contribution in [0.25, 0.3) is 0 Å². The lowest BCUT2D eigenvalue weighted by atomic mass is 9.78. The summed E-state index contributed by atoms with van der Waals surface area (Å²) in [5, 5.41) is 27.1. The summed E-state index contributed by atoms with van der Waals surface area (Å²) in [7, 11) is -1.44. The first kappa shape index (κ1) is 18.6. The fraction of sp³-hybridized carbons (Fsp3) is 0.692. The normalized spacial score (nSPS) is 25.9. The number of hydrogen-bond acceptors (Lipinski definition) is 6. The van der Waals surface area contributed by atoms with Crippen molar-refractivity contribution < 1.29 is 24.7 Å². The van der Waals surface area contributed by atoms with Crippen molar-refractivity contribution in [3.05, 3.63) is 12.2 Å². The monoisotopic (exact) mass is 313 g/mol. The van der Waals surface area contributed by atoms with Gasteiger partial charge in [-0.2, -0.15) is 0 Å². The molecule has 0 aromatic heterocycles. The number of nitrogens with two attached hydrogens (primary N) is 2. The average molecular weight is 313 g/mol. The molecule has 7 N–H and O–H groups in total. The van der Waals surface area contributed by atoms with Crippen LogP contribution in [-0.2, 0) is 9.59 Å². The first-order valence-corrected chi connectivity index (χ1v) is 7.17. The number of nitrogens with zero attached hydrogens (tertiary/aromatic N) is 1. The second-order valence-electron chi connectivity index (χ2n) is 6.00. The molecule has 0 saturated carbocycles. The van der Waals surface area contributed by atoms with Gasteiger partial charge in [0.1, 0.15) is 11.6 Å². The first-order chi connectivity index (χ1) is 10.1. The van der Waals surface area contributed by atoms with Gasteiger partial charge in [-0.3, -0.25) is 9.59 Å². The minimum Gasteiger partial charge on any atom is -0.480 e. The van der Waals surface area contributed by atoms with Crippen LogP contribution in [0.3, 0.4) is 0 Å². The highest BCUT2D eigenvalue weighted by atomic mass is 16.4. The zero-order valence-corrected chi connectivity index (χ0v) is 12.7. The van der Waals surface area contributed by atoms with Gasteiger partial charge < -0.3 is 31.5 Å². The summed E-state index contributed by atoms with van der Waals surface area (Å²) in [5.41, 5.74) is 10.7. The molecule has 0 aromatic carbocycles. The number of likely N-dealkylation sites (tertiary alicyclic amines) is 1. The molecule has 0 bridgehead atoms. The van der Waals surface area contributed by atoms with Gasteiger partial charge in [0.2, 0.25) is 5.91 Å². The summed E-state index contributed by atoms with van der Waals surface area (Å²) in [4.78, 5) is 25.1. The predicted molar refractivity (Wildman–Crippen MR) is 81.6 cm³/mol. The molecule has 1 fully saturated rings. The van der Waals surface area contributed by atoms with Crippen molar-refractivity contribution in [3.8, 4) is 0 Å². The standard InChI is InChI=1S/C13H24BN3O5/c1-8(2)10(15)11(18)17-6-9(4-3-5-14(21)22)13(16,7-17)12(19)20/h9-10,21-22H,1,3-7,15-16H2,2H3,(H,19,20)/t9-,10-,13-/m0/s1. The molecule has 1 aliphatic rings. The third kappa shape index (κ3) is 4.07. The molecule has 3 atom stereocenters. The van der Waals surface area contributed by atoms with E-state index in [1.54, 1.807) is 6.92 Å². The van der Waals surface area contributed by atoms with Crippen LogP contribution < -0.4 is 11.5 Å². The van der Waals surface area contributed by atoms with Crippen molar-refractivity contribution in [1.82, 2.24) is 4.90 Å². The Bertz CT molecular complexity index is 459. The Labute approximate surface area is 129 Å². The second kappa shape index (κ2) is 7.23. The van der Waals surface area contributed by atoms with Gasteiger partial charge in [0.25, 0.3) is 0 Å². The van der Waals surface area contributed by atoms with Crippen LogP contribution in [0.1, 0.15) is 19.8 Å². The first-order valence-electron chi connectivity index (χ1n) is 7.17. The molecule has 1 heterocycles. The maximum Gasteiger partial charge on any atom is 0.451 e. The van der Waals surface area contributed by atoms with Gasteiger partial charge in [-0.05, 0) is 19.7 Å². The van der Waals surface area contributed by atoms with Gasteiger partial charge in [-0.1, -0.05) is 18.6 Å². The SMILES string of the molecule is C=C(C)[C@H](N)C(=O)N1C[C@H](CCCB(O)O)[C@](N)(C(=O)O)C1. The largest absolute Gasteiger partial charge is 0.480 e. The van der Waals surface area contributed by atoms with Gasteiger partial charge in [0, 0.05) is 19.0 Å². The van der Waals surface area contributed by atoms with Crippen LogP contribution in [-0.4, -0.2) is 63.7 Å². The van der Waals surface area contributed by atoms with Crippen molar-refractivity contribution in [2.75, 3.05) is 13.1 Å². The molecular weight excluding hydrogens is 289 g/mol. The van der Waals surface area contributed by atoms with E-state index in [1.807, 2.05) is 0 Å². The topological polar surface area (TPSA) is 150 Å². The minimum absolute atomic E-state index is 0.117. The van der Waals surface area contributed by atoms with Crippen LogP contribution in [0.4, 0.5) is 0 Å². The Morgan fingerprint density at radius 2 is 2.09 bits per heavy atom. The van der Waals surface area contributed by atoms with Crippen molar-refractivity contribution in [1.29, 1.82) is 0 Å². The number of hydrogen-bond donors (Lipinski definition) is 5. The summed E-state index contributed by atoms with van der Waals surface area (Å²) in [5.74, 6) is -2.04. The molecule has 22 heavy (non-hydrogen) atoms. The molecule has 0 aliphatic carbocycles. The van der Waals surface area contributed by atoms with Crippen LogP contribution in [0.5, 0.6) is 0 Å². The highest BCUT2D eigenvalue weighted by Gasteiger charge is 2.51. The fourth-order valence-corrected chi connectivity index (χ4v) is 2.65. The maximum absolute atomic E-state index is 12.2. The quantitative estimate of drug-likeness (QED) is 0.280. The zero-order valence-electron chi connectivity index (χ0n) is 12.7. The Morgan fingerprint density at radius 3 is 2.55 bits per heavy atom. The maximum atomic E-state index is 12.2. The molecule has 124 valence electrons. The smallest absolute Gasteiger partial charge is 0.451 e. The lowest BCUT2D eigenvalue weighted by Gasteiger charge is -2.25. The third-order valence-electron chi connectivity index (χ3n) is 4.14. The van der Waals surface area contributed by atoms with Gasteiger partial charge >= 0.3 is 13.1 Å². The number of carbonyl (C=O) groups excluding carboxylic acids is 1. The summed E-state index contributed by atoms with van der Waals surface area (Å²) in [6.07, 6.45) is 0.918. The number of carbonyl (C=O) groups is 2. The number of carboxylic acids is 1. The average Bonchev–Trinajstić information content (AvgIpc) is 2.75. The Morgan fingerprint density at radius 1 is 1.50 bits per heavy atom. The van der Waals surface area contributed by atoms with E-state index < -0.39 is 36.5 Å². The Kier molecular flexibility index (Phi) is 6.12. The zero-order chi connectivity index (χ0) is 17.1. The Balaban J connectivity index is 2.81. The molecule has 1 amide bonds. The molecular formula is C13H24BN3O5. The molecule has 1 rings (SSSR count). The summed E-state index contributed by atoms with van der Waals surface area (Å²) < 4.78 is 0. The molecule has 1 aliphatic heterocycles. The van der Waals surface area contributed by atoms with Crippen LogP contribution >= 0.6 is 0 Å². The van der Waals surface area contributed by atoms with Crippen molar-refractivity contribution >= 4 is 19.0 Å². The summed E-state index contributed by atoms with van der Waals surface area (Å²) in [6.45, 7) is 5.33. The van der Waals surface area contributed by atoms with Crippen LogP contribution in [0.15, 0.2) is 12.2 Å². The molecule has 0 unspecified atom stereocenters. The van der Waals surface area contributed by atoms with E-state index in [0.29, 0.717) is 18.4 Å². The molecule has 8 nitrogen and oxygen atoms in total. The predicted octanol–water partition coefficient (Wildman–Crippen LogP) is -1.62. The Hall–Kier alpha value is -1.42. The van der Waals surface area contributed by atoms with Crippen molar-refractivity contribution in [2.24, 2.45) is 17.4 Å². The van der Waals surface area contributed by atoms with Gasteiger partial charge in [-0.25, -0.2) is 0 Å². The molecule has 9 heteroatoms. The number of rotatable bonds is 7. The van der Waals surface area contributed by atoms with Crippen LogP contribution in [0, 0.1) is 5.92 Å². The van der Waals surface area contributed by atoms with E-state index in [2.05, 4.69) is 6.58 Å². The minimum atomic E-state index is -1.55. The molecule has 0 aromatic rings. The van der Waals surface area contributed by atoms with E-state index in [4.69, 9.17) is 21.5 Å². The van der Waals surface area contributed by atoms with E-state index in [-0.39, 0.29) is 19.4 Å². The number of aliphatic carboxylic acids is 1. The van der Waals surface area contributed by atoms with Gasteiger partial charge in [0.05, 0.1) is 0 Å². The molecule has 0 spiro atoms. The van der Waals surface area contributed by atoms with E-state index in [1.165, 1.54) is 4.90 Å². The van der Waals surface area contributed by atoms with Crippen LogP contribution in [0.2, 0.25) is 6.32 Å². The van der Waals surface area contributed by atoms with Gasteiger partial charge in [-0.15, -0.1) is 0 Å².